The first-order chi connectivity index (χ1) is 13.4. The second kappa shape index (κ2) is 6.25. The highest BCUT2D eigenvalue weighted by Gasteiger charge is 2.54. The lowest BCUT2D eigenvalue weighted by Crippen LogP contribution is -2.57. The summed E-state index contributed by atoms with van der Waals surface area (Å²) in [5.74, 6) is 0.119. The maximum Gasteiger partial charge on any atom is 0.416 e. The molecular formula is C19H20F3N3O3S. The molecule has 4 rings (SSSR count). The molecule has 156 valence electrons. The molecule has 29 heavy (non-hydrogen) atoms. The first-order valence-corrected chi connectivity index (χ1v) is 9.85. The van der Waals surface area contributed by atoms with Crippen LogP contribution in [-0.4, -0.2) is 22.7 Å². The lowest BCUT2D eigenvalue weighted by atomic mass is 9.72. The lowest BCUT2D eigenvalue weighted by molar-refractivity contribution is -0.138. The van der Waals surface area contributed by atoms with Crippen LogP contribution in [0, 0.1) is 0 Å². The molecule has 2 heterocycles. The van der Waals surface area contributed by atoms with Crippen LogP contribution in [0.15, 0.2) is 18.2 Å². The Morgan fingerprint density at radius 1 is 1.34 bits per heavy atom. The van der Waals surface area contributed by atoms with Crippen LogP contribution in [0.4, 0.5) is 23.1 Å². The van der Waals surface area contributed by atoms with E-state index in [1.807, 2.05) is 0 Å². The van der Waals surface area contributed by atoms with Gasteiger partial charge in [-0.1, -0.05) is 11.3 Å². The number of nitrogen functional groups attached to an aromatic ring is 1. The van der Waals surface area contributed by atoms with Crippen molar-refractivity contribution < 1.29 is 27.4 Å². The molecule has 1 saturated carbocycles. The number of nitrogens with one attached hydrogen (secondary N) is 1. The summed E-state index contributed by atoms with van der Waals surface area (Å²) in [5, 5.41) is 3.09. The van der Waals surface area contributed by atoms with Crippen molar-refractivity contribution in [2.24, 2.45) is 0 Å². The molecule has 1 aromatic carbocycles. The smallest absolute Gasteiger partial charge is 0.416 e. The van der Waals surface area contributed by atoms with Gasteiger partial charge in [-0.2, -0.15) is 13.2 Å². The number of fused-ring (bicyclic) bond motifs is 4. The summed E-state index contributed by atoms with van der Waals surface area (Å²) >= 11 is 1.25. The van der Waals surface area contributed by atoms with Gasteiger partial charge in [0, 0.05) is 24.4 Å². The minimum absolute atomic E-state index is 0.119. The van der Waals surface area contributed by atoms with E-state index in [-0.39, 0.29) is 11.8 Å². The van der Waals surface area contributed by atoms with Gasteiger partial charge >= 0.3 is 12.3 Å². The van der Waals surface area contributed by atoms with Gasteiger partial charge < -0.3 is 20.5 Å². The van der Waals surface area contributed by atoms with Crippen molar-refractivity contribution >= 4 is 22.6 Å². The fourth-order valence-corrected chi connectivity index (χ4v) is 4.64. The van der Waals surface area contributed by atoms with Crippen molar-refractivity contribution in [1.82, 2.24) is 10.3 Å². The highest BCUT2D eigenvalue weighted by Crippen LogP contribution is 2.56. The van der Waals surface area contributed by atoms with Gasteiger partial charge in [0.2, 0.25) is 0 Å². The molecule has 1 fully saturated rings. The largest absolute Gasteiger partial charge is 0.481 e. The van der Waals surface area contributed by atoms with Crippen LogP contribution in [0.1, 0.15) is 44.1 Å². The van der Waals surface area contributed by atoms with E-state index in [2.05, 4.69) is 10.3 Å². The predicted molar refractivity (Wildman–Crippen MR) is 102 cm³/mol. The van der Waals surface area contributed by atoms with E-state index < -0.39 is 29.0 Å². The summed E-state index contributed by atoms with van der Waals surface area (Å²) in [5.41, 5.74) is 4.63. The number of amides is 1. The quantitative estimate of drug-likeness (QED) is 0.690. The summed E-state index contributed by atoms with van der Waals surface area (Å²) in [6, 6.07) is 3.13. The summed E-state index contributed by atoms with van der Waals surface area (Å²) < 4.78 is 50.7. The Balaban J connectivity index is 1.60. The molecule has 1 aliphatic carbocycles. The normalized spacial score (nSPS) is 22.9. The third kappa shape index (κ3) is 3.61. The summed E-state index contributed by atoms with van der Waals surface area (Å²) in [6.07, 6.45) is -4.25. The second-order valence-corrected chi connectivity index (χ2v) is 9.32. The summed E-state index contributed by atoms with van der Waals surface area (Å²) in [6.45, 7) is 5.29. The lowest BCUT2D eigenvalue weighted by Gasteiger charge is -2.49. The zero-order chi connectivity index (χ0) is 21.2. The number of alkyl halides is 3. The van der Waals surface area contributed by atoms with Gasteiger partial charge in [-0.15, -0.1) is 0 Å². The van der Waals surface area contributed by atoms with Crippen LogP contribution < -0.4 is 15.8 Å². The van der Waals surface area contributed by atoms with Crippen LogP contribution >= 0.6 is 11.3 Å². The number of halogens is 3. The molecule has 10 heteroatoms. The molecule has 0 unspecified atom stereocenters. The predicted octanol–water partition coefficient (Wildman–Crippen LogP) is 4.69. The number of carbonyl (C=O) groups excluding carboxylic acids is 1. The average molecular weight is 427 g/mol. The molecule has 1 spiro atoms. The number of nitrogens with zero attached hydrogens (tertiary/aromatic N) is 1. The molecule has 6 nitrogen and oxygen atoms in total. The second-order valence-electron chi connectivity index (χ2n) is 8.29. The van der Waals surface area contributed by atoms with Crippen molar-refractivity contribution in [3.05, 3.63) is 28.6 Å². The van der Waals surface area contributed by atoms with Gasteiger partial charge in [0.1, 0.15) is 17.0 Å². The van der Waals surface area contributed by atoms with Crippen molar-refractivity contribution in [3.63, 3.8) is 0 Å². The number of nitrogens with two attached hydrogens (primary N) is 1. The van der Waals surface area contributed by atoms with Crippen LogP contribution in [0.3, 0.4) is 0 Å². The minimum Gasteiger partial charge on any atom is -0.481 e. The third-order valence-corrected chi connectivity index (χ3v) is 5.87. The molecule has 3 N–H and O–H groups in total. The van der Waals surface area contributed by atoms with E-state index >= 15 is 0 Å². The number of benzene rings is 1. The molecule has 1 aliphatic heterocycles. The first-order valence-electron chi connectivity index (χ1n) is 9.03. The number of thiazole rings is 1. The Morgan fingerprint density at radius 2 is 2.03 bits per heavy atom. The average Bonchev–Trinajstić information content (AvgIpc) is 2.92. The van der Waals surface area contributed by atoms with Gasteiger partial charge in [-0.05, 0) is 39.0 Å². The van der Waals surface area contributed by atoms with Crippen LogP contribution in [0.25, 0.3) is 11.3 Å². The van der Waals surface area contributed by atoms with Crippen LogP contribution in [0.5, 0.6) is 5.75 Å². The highest BCUT2D eigenvalue weighted by atomic mass is 32.1. The van der Waals surface area contributed by atoms with E-state index in [4.69, 9.17) is 15.2 Å². The van der Waals surface area contributed by atoms with Crippen molar-refractivity contribution in [3.8, 4) is 17.0 Å². The number of alkyl carbamates (subject to hydrolysis) is 1. The number of ether oxygens (including phenoxy) is 2. The molecular weight excluding hydrogens is 407 g/mol. The van der Waals surface area contributed by atoms with Crippen molar-refractivity contribution in [2.75, 3.05) is 5.73 Å². The van der Waals surface area contributed by atoms with Gasteiger partial charge in [-0.3, -0.25) is 0 Å². The topological polar surface area (TPSA) is 86.5 Å². The molecule has 1 aromatic heterocycles. The molecule has 0 saturated heterocycles. The molecule has 1 amide bonds. The Kier molecular flexibility index (Phi) is 4.27. The number of anilines is 1. The third-order valence-electron chi connectivity index (χ3n) is 4.80. The summed E-state index contributed by atoms with van der Waals surface area (Å²) in [7, 11) is 0. The molecule has 0 bridgehead atoms. The Bertz CT molecular complexity index is 975. The standard InChI is InChI=1S/C19H20F3N3O3S/c1-17(2,3)28-16(26)24-10-7-18(8-10)14-13(25-15(23)29-14)11-5-4-9(19(20,21)22)6-12(11)27-18/h4-6,10H,7-8H2,1-3H3,(H2,23,25)(H,24,26). The van der Waals surface area contributed by atoms with E-state index in [0.29, 0.717) is 29.2 Å². The zero-order valence-corrected chi connectivity index (χ0v) is 16.8. The number of aromatic nitrogens is 1. The van der Waals surface area contributed by atoms with Crippen LogP contribution in [0.2, 0.25) is 0 Å². The Morgan fingerprint density at radius 3 is 2.66 bits per heavy atom. The maximum atomic E-state index is 13.1. The maximum absolute atomic E-state index is 13.1. The van der Waals surface area contributed by atoms with Crippen molar-refractivity contribution in [1.29, 1.82) is 0 Å². The van der Waals surface area contributed by atoms with Gasteiger partial charge in [0.15, 0.2) is 5.13 Å². The molecule has 2 aliphatic rings. The van der Waals surface area contributed by atoms with Gasteiger partial charge in [-0.25, -0.2) is 9.78 Å². The number of carbonyl (C=O) groups is 1. The molecule has 0 atom stereocenters. The first kappa shape index (κ1) is 19.8. The Hall–Kier alpha value is -2.49. The van der Waals surface area contributed by atoms with E-state index in [0.717, 1.165) is 17.0 Å². The molecule has 0 radical (unpaired) electrons. The number of rotatable bonds is 1. The fraction of sp³-hybridized carbons (Fsp3) is 0.474. The number of hydrogen-bond donors (Lipinski definition) is 2. The highest BCUT2D eigenvalue weighted by molar-refractivity contribution is 7.16. The van der Waals surface area contributed by atoms with Crippen LogP contribution in [-0.2, 0) is 16.5 Å². The van der Waals surface area contributed by atoms with E-state index in [1.165, 1.54) is 17.4 Å². The fourth-order valence-electron chi connectivity index (χ4n) is 3.64. The summed E-state index contributed by atoms with van der Waals surface area (Å²) in [4.78, 5) is 17.1. The number of hydrogen-bond acceptors (Lipinski definition) is 6. The Labute approximate surface area is 169 Å². The zero-order valence-electron chi connectivity index (χ0n) is 16.0. The van der Waals surface area contributed by atoms with E-state index in [9.17, 15) is 18.0 Å². The van der Waals surface area contributed by atoms with Gasteiger partial charge in [0.05, 0.1) is 16.1 Å². The van der Waals surface area contributed by atoms with Crippen molar-refractivity contribution in [2.45, 2.75) is 57.0 Å². The monoisotopic (exact) mass is 427 g/mol. The SMILES string of the molecule is CC(C)(C)OC(=O)NC1CC2(C1)Oc1cc(C(F)(F)F)ccc1-c1nc(N)sc12. The minimum atomic E-state index is -4.48. The van der Waals surface area contributed by atoms with Gasteiger partial charge in [0.25, 0.3) is 0 Å². The van der Waals surface area contributed by atoms with E-state index in [1.54, 1.807) is 20.8 Å². The molecule has 2 aromatic rings.